The van der Waals surface area contributed by atoms with Crippen LogP contribution in [0.25, 0.3) is 0 Å². The molecular formula is C16H16BrNO. The number of hydrogen-bond acceptors (Lipinski definition) is 1. The van der Waals surface area contributed by atoms with Crippen molar-refractivity contribution in [3.63, 3.8) is 0 Å². The van der Waals surface area contributed by atoms with Crippen LogP contribution in [-0.2, 0) is 0 Å². The molecule has 0 spiro atoms. The maximum Gasteiger partial charge on any atom is 0.255 e. The Morgan fingerprint density at radius 3 is 2.32 bits per heavy atom. The molecule has 0 aliphatic carbocycles. The van der Waals surface area contributed by atoms with Gasteiger partial charge in [0.25, 0.3) is 5.91 Å². The van der Waals surface area contributed by atoms with Crippen molar-refractivity contribution in [3.05, 3.63) is 63.1 Å². The highest BCUT2D eigenvalue weighted by Gasteiger charge is 2.10. The number of carbonyl (C=O) groups excluding carboxylic acids is 1. The summed E-state index contributed by atoms with van der Waals surface area (Å²) in [4.78, 5) is 12.3. The van der Waals surface area contributed by atoms with Crippen molar-refractivity contribution in [2.75, 3.05) is 5.32 Å². The van der Waals surface area contributed by atoms with E-state index >= 15 is 0 Å². The first-order valence-corrected chi connectivity index (χ1v) is 6.91. The zero-order valence-electron chi connectivity index (χ0n) is 11.3. The maximum absolute atomic E-state index is 12.3. The standard InChI is InChI=1S/C16H16BrNO/c1-10-7-11(2)9-13(8-10)16(19)18-14-6-4-5-12(3)15(14)17/h4-9H,1-3H3,(H,18,19). The zero-order chi connectivity index (χ0) is 14.0. The number of amides is 1. The first-order valence-electron chi connectivity index (χ1n) is 6.12. The van der Waals surface area contributed by atoms with Gasteiger partial charge in [0.05, 0.1) is 5.69 Å². The van der Waals surface area contributed by atoms with Crippen LogP contribution in [0.15, 0.2) is 40.9 Å². The average Bonchev–Trinajstić information content (AvgIpc) is 2.33. The number of halogens is 1. The van der Waals surface area contributed by atoms with Gasteiger partial charge in [-0.15, -0.1) is 0 Å². The fourth-order valence-electron chi connectivity index (χ4n) is 2.04. The van der Waals surface area contributed by atoms with Gasteiger partial charge in [0.1, 0.15) is 0 Å². The lowest BCUT2D eigenvalue weighted by atomic mass is 10.1. The van der Waals surface area contributed by atoms with Crippen molar-refractivity contribution < 1.29 is 4.79 Å². The third-order valence-electron chi connectivity index (χ3n) is 2.92. The summed E-state index contributed by atoms with van der Waals surface area (Å²) in [7, 11) is 0. The molecule has 3 heteroatoms. The molecule has 0 radical (unpaired) electrons. The summed E-state index contributed by atoms with van der Waals surface area (Å²) in [5.74, 6) is -0.0851. The molecule has 2 nitrogen and oxygen atoms in total. The molecule has 1 amide bonds. The molecule has 0 saturated heterocycles. The molecule has 0 aromatic heterocycles. The van der Waals surface area contributed by atoms with Crippen LogP contribution >= 0.6 is 15.9 Å². The summed E-state index contributed by atoms with van der Waals surface area (Å²) in [6.07, 6.45) is 0. The van der Waals surface area contributed by atoms with Crippen molar-refractivity contribution in [1.82, 2.24) is 0 Å². The van der Waals surface area contributed by atoms with E-state index in [9.17, 15) is 4.79 Å². The summed E-state index contributed by atoms with van der Waals surface area (Å²) in [5.41, 5.74) is 4.76. The van der Waals surface area contributed by atoms with Gasteiger partial charge in [0.15, 0.2) is 0 Å². The Kier molecular flexibility index (Phi) is 4.05. The Labute approximate surface area is 122 Å². The summed E-state index contributed by atoms with van der Waals surface area (Å²) in [5, 5.41) is 2.94. The SMILES string of the molecule is Cc1cc(C)cc(C(=O)Nc2cccc(C)c2Br)c1. The first kappa shape index (κ1) is 13.8. The Bertz CT molecular complexity index is 614. The van der Waals surface area contributed by atoms with Crippen LogP contribution in [0.1, 0.15) is 27.0 Å². The van der Waals surface area contributed by atoms with Gasteiger partial charge in [-0.25, -0.2) is 0 Å². The van der Waals surface area contributed by atoms with E-state index in [0.717, 1.165) is 26.9 Å². The van der Waals surface area contributed by atoms with E-state index in [4.69, 9.17) is 0 Å². The van der Waals surface area contributed by atoms with Gasteiger partial charge in [-0.2, -0.15) is 0 Å². The first-order chi connectivity index (χ1) is 8.97. The van der Waals surface area contributed by atoms with E-state index in [2.05, 4.69) is 27.3 Å². The predicted octanol–water partition coefficient (Wildman–Crippen LogP) is 4.63. The number of benzene rings is 2. The molecule has 0 fully saturated rings. The molecule has 0 aliphatic rings. The van der Waals surface area contributed by atoms with E-state index in [1.807, 2.05) is 51.1 Å². The number of carbonyl (C=O) groups is 1. The quantitative estimate of drug-likeness (QED) is 0.859. The molecule has 98 valence electrons. The second-order valence-electron chi connectivity index (χ2n) is 4.77. The average molecular weight is 318 g/mol. The summed E-state index contributed by atoms with van der Waals surface area (Å²) < 4.78 is 0.924. The smallest absolute Gasteiger partial charge is 0.255 e. The number of nitrogens with one attached hydrogen (secondary N) is 1. The number of hydrogen-bond donors (Lipinski definition) is 1. The topological polar surface area (TPSA) is 29.1 Å². The van der Waals surface area contributed by atoms with E-state index in [1.54, 1.807) is 0 Å². The number of aryl methyl sites for hydroxylation is 3. The van der Waals surface area contributed by atoms with Crippen LogP contribution in [0.2, 0.25) is 0 Å². The summed E-state index contributed by atoms with van der Waals surface area (Å²) >= 11 is 3.50. The minimum Gasteiger partial charge on any atom is -0.321 e. The Balaban J connectivity index is 2.28. The summed E-state index contributed by atoms with van der Waals surface area (Å²) in [6, 6.07) is 11.7. The molecule has 0 bridgehead atoms. The largest absolute Gasteiger partial charge is 0.321 e. The third kappa shape index (κ3) is 3.24. The molecule has 2 rings (SSSR count). The van der Waals surface area contributed by atoms with Crippen LogP contribution in [0.4, 0.5) is 5.69 Å². The zero-order valence-corrected chi connectivity index (χ0v) is 12.8. The Morgan fingerprint density at radius 1 is 1.05 bits per heavy atom. The van der Waals surface area contributed by atoms with Crippen molar-refractivity contribution in [2.24, 2.45) is 0 Å². The van der Waals surface area contributed by atoms with Gasteiger partial charge in [-0.3, -0.25) is 4.79 Å². The molecule has 2 aromatic rings. The van der Waals surface area contributed by atoms with Gasteiger partial charge in [0, 0.05) is 10.0 Å². The molecule has 2 aromatic carbocycles. The fraction of sp³-hybridized carbons (Fsp3) is 0.188. The Morgan fingerprint density at radius 2 is 1.68 bits per heavy atom. The highest BCUT2D eigenvalue weighted by atomic mass is 79.9. The molecule has 1 N–H and O–H groups in total. The van der Waals surface area contributed by atoms with Gasteiger partial charge in [-0.1, -0.05) is 29.3 Å². The van der Waals surface area contributed by atoms with Gasteiger partial charge in [0.2, 0.25) is 0 Å². The lowest BCUT2D eigenvalue weighted by Gasteiger charge is -2.10. The molecule has 0 saturated carbocycles. The van der Waals surface area contributed by atoms with Crippen molar-refractivity contribution in [1.29, 1.82) is 0 Å². The number of rotatable bonds is 2. The van der Waals surface area contributed by atoms with Gasteiger partial charge in [-0.05, 0) is 60.5 Å². The van der Waals surface area contributed by atoms with Crippen LogP contribution in [0.3, 0.4) is 0 Å². The molecule has 0 heterocycles. The van der Waals surface area contributed by atoms with Crippen LogP contribution in [0.5, 0.6) is 0 Å². The lowest BCUT2D eigenvalue weighted by molar-refractivity contribution is 0.102. The Hall–Kier alpha value is -1.61. The van der Waals surface area contributed by atoms with Crippen molar-refractivity contribution in [2.45, 2.75) is 20.8 Å². The van der Waals surface area contributed by atoms with Crippen LogP contribution < -0.4 is 5.32 Å². The molecular weight excluding hydrogens is 302 g/mol. The molecule has 0 unspecified atom stereocenters. The van der Waals surface area contributed by atoms with Crippen LogP contribution in [0, 0.1) is 20.8 Å². The van der Waals surface area contributed by atoms with E-state index in [-0.39, 0.29) is 5.91 Å². The highest BCUT2D eigenvalue weighted by Crippen LogP contribution is 2.26. The lowest BCUT2D eigenvalue weighted by Crippen LogP contribution is -2.13. The van der Waals surface area contributed by atoms with E-state index in [0.29, 0.717) is 5.56 Å². The van der Waals surface area contributed by atoms with Crippen molar-refractivity contribution >= 4 is 27.5 Å². The third-order valence-corrected chi connectivity index (χ3v) is 3.98. The monoisotopic (exact) mass is 317 g/mol. The van der Waals surface area contributed by atoms with Crippen molar-refractivity contribution in [3.8, 4) is 0 Å². The van der Waals surface area contributed by atoms with Gasteiger partial charge >= 0.3 is 0 Å². The second-order valence-corrected chi connectivity index (χ2v) is 5.56. The fourth-order valence-corrected chi connectivity index (χ4v) is 2.41. The minimum absolute atomic E-state index is 0.0851. The van der Waals surface area contributed by atoms with E-state index in [1.165, 1.54) is 0 Å². The van der Waals surface area contributed by atoms with Crippen LogP contribution in [-0.4, -0.2) is 5.91 Å². The second kappa shape index (κ2) is 5.57. The molecule has 0 aliphatic heterocycles. The van der Waals surface area contributed by atoms with E-state index < -0.39 is 0 Å². The van der Waals surface area contributed by atoms with Gasteiger partial charge < -0.3 is 5.32 Å². The molecule has 0 atom stereocenters. The number of anilines is 1. The summed E-state index contributed by atoms with van der Waals surface area (Å²) in [6.45, 7) is 5.98. The maximum atomic E-state index is 12.3. The molecule has 19 heavy (non-hydrogen) atoms. The highest BCUT2D eigenvalue weighted by molar-refractivity contribution is 9.10. The minimum atomic E-state index is -0.0851. The predicted molar refractivity (Wildman–Crippen MR) is 82.7 cm³/mol. The normalized spacial score (nSPS) is 10.3.